The lowest BCUT2D eigenvalue weighted by molar-refractivity contribution is -0.277. The number of rotatable bonds is 10. The Morgan fingerprint density at radius 2 is 1.79 bits per heavy atom. The number of fused-ring (bicyclic) bond motifs is 2. The van der Waals surface area contributed by atoms with Gasteiger partial charge in [0.15, 0.2) is 11.7 Å². The number of nitrogens with two attached hydrogens (primary N) is 2. The Morgan fingerprint density at radius 3 is 2.42 bits per heavy atom. The largest absolute Gasteiger partial charge is 0.507 e. The number of carbonyl (C=O) groups is 2. The number of ether oxygens (including phenoxy) is 3. The molecule has 1 fully saturated rings. The van der Waals surface area contributed by atoms with Gasteiger partial charge in [0, 0.05) is 48.1 Å². The van der Waals surface area contributed by atoms with Gasteiger partial charge in [-0.05, 0) is 42.5 Å². The van der Waals surface area contributed by atoms with Gasteiger partial charge in [-0.15, -0.1) is 0 Å². The minimum Gasteiger partial charge on any atom is -0.507 e. The Morgan fingerprint density at radius 1 is 1.04 bits per heavy atom. The summed E-state index contributed by atoms with van der Waals surface area (Å²) in [5.41, 5.74) is 13.5. The second-order valence-electron chi connectivity index (χ2n) is 11.7. The molecule has 0 spiro atoms. The number of aromatic hydroxyl groups is 1. The molecule has 2 heterocycles. The fourth-order valence-corrected chi connectivity index (χ4v) is 6.15. The van der Waals surface area contributed by atoms with Crippen molar-refractivity contribution in [1.29, 1.82) is 0 Å². The molecular weight excluding hydrogens is 626 g/mol. The van der Waals surface area contributed by atoms with Crippen LogP contribution in [0.25, 0.3) is 0 Å². The molecule has 0 saturated carbocycles. The molecule has 2 aromatic rings. The Balaban J connectivity index is 1.63. The van der Waals surface area contributed by atoms with Crippen LogP contribution in [-0.4, -0.2) is 101 Å². The zero-order valence-corrected chi connectivity index (χ0v) is 26.8. The number of guanidine groups is 1. The average Bonchev–Trinajstić information content (AvgIpc) is 3.09. The molecule has 0 aromatic heterocycles. The number of benzene rings is 2. The number of carbonyl (C=O) groups excluding carboxylic acids is 2. The molecule has 2 aliphatic heterocycles. The van der Waals surface area contributed by atoms with E-state index in [2.05, 4.69) is 15.6 Å². The minimum absolute atomic E-state index is 0.0105. The predicted molar refractivity (Wildman–Crippen MR) is 173 cm³/mol. The summed E-state index contributed by atoms with van der Waals surface area (Å²) in [7, 11) is 2.87. The number of ketones is 2. The van der Waals surface area contributed by atoms with Gasteiger partial charge in [-0.3, -0.25) is 14.6 Å². The van der Waals surface area contributed by atoms with Crippen molar-refractivity contribution in [1.82, 2.24) is 10.6 Å². The van der Waals surface area contributed by atoms with Crippen LogP contribution < -0.4 is 31.6 Å². The predicted octanol–water partition coefficient (Wildman–Crippen LogP) is -0.788. The molecule has 15 heteroatoms. The van der Waals surface area contributed by atoms with Crippen molar-refractivity contribution in [3.63, 3.8) is 0 Å². The Labute approximate surface area is 276 Å². The Bertz CT molecular complexity index is 1690. The number of nitrogens with one attached hydrogen (secondary N) is 2. The first-order valence-electron chi connectivity index (χ1n) is 15.5. The normalized spacial score (nSPS) is 25.2. The molecule has 0 amide bonds. The number of phenolic OH excluding ortho intramolecular Hbond substituents is 1. The van der Waals surface area contributed by atoms with E-state index in [0.717, 1.165) is 5.57 Å². The van der Waals surface area contributed by atoms with E-state index in [1.807, 2.05) is 12.2 Å². The molecule has 6 atom stereocenters. The summed E-state index contributed by atoms with van der Waals surface area (Å²) < 4.78 is 17.0. The molecule has 1 unspecified atom stereocenters. The molecule has 11 N–H and O–H groups in total. The second kappa shape index (κ2) is 14.3. The van der Waals surface area contributed by atoms with Crippen LogP contribution in [0.4, 0.5) is 0 Å². The van der Waals surface area contributed by atoms with E-state index in [0.29, 0.717) is 29.5 Å². The van der Waals surface area contributed by atoms with Crippen LogP contribution in [0, 0.1) is 0 Å². The number of hydrogen-bond donors (Lipinski definition) is 9. The lowest BCUT2D eigenvalue weighted by Gasteiger charge is -2.40. The fraction of sp³-hybridized carbons (Fsp3) is 0.424. The van der Waals surface area contributed by atoms with Crippen molar-refractivity contribution < 1.29 is 49.3 Å². The summed E-state index contributed by atoms with van der Waals surface area (Å²) in [5, 5.41) is 58.6. The number of aryl methyl sites for hydroxylation is 1. The highest BCUT2D eigenvalue weighted by molar-refractivity contribution is 6.31. The summed E-state index contributed by atoms with van der Waals surface area (Å²) in [6, 6.07) is 2.95. The molecule has 1 aliphatic carbocycles. The third kappa shape index (κ3) is 6.35. The highest BCUT2D eigenvalue weighted by Gasteiger charge is 2.46. The minimum atomic E-state index is -1.80. The fourth-order valence-electron chi connectivity index (χ4n) is 6.15. The number of phenols is 1. The highest BCUT2D eigenvalue weighted by Crippen LogP contribution is 2.45. The number of methoxy groups -OCH3 is 1. The number of allylic oxidation sites excluding steroid dienone is 2. The molecule has 0 bridgehead atoms. The summed E-state index contributed by atoms with van der Waals surface area (Å²) >= 11 is 0. The van der Waals surface area contributed by atoms with Gasteiger partial charge in [0.1, 0.15) is 41.7 Å². The molecule has 15 nitrogen and oxygen atoms in total. The van der Waals surface area contributed by atoms with Crippen LogP contribution in [-0.2, 0) is 24.1 Å². The lowest BCUT2D eigenvalue weighted by Crippen LogP contribution is -2.60. The van der Waals surface area contributed by atoms with Gasteiger partial charge >= 0.3 is 0 Å². The summed E-state index contributed by atoms with van der Waals surface area (Å²) in [5.74, 6) is -1.67. The zero-order chi connectivity index (χ0) is 34.9. The van der Waals surface area contributed by atoms with Crippen molar-refractivity contribution in [3.8, 4) is 17.2 Å². The first-order chi connectivity index (χ1) is 22.9. The molecule has 5 rings (SSSR count). The SMILES string of the molecule is CCc1c(OC)cc(O[C@@H]2O[C@H](CO)[C@@H](O)[C@H](O)[C@H]2O)c2c1C(=O)c1cc(CCC3=CNC(N)C=C3)c(CNC(N)=NC)c(O)c1C2=O. The first-order valence-corrected chi connectivity index (χ1v) is 15.5. The molecule has 3 aliphatic rings. The van der Waals surface area contributed by atoms with Crippen molar-refractivity contribution in [2.75, 3.05) is 20.8 Å². The van der Waals surface area contributed by atoms with E-state index in [1.54, 1.807) is 19.2 Å². The van der Waals surface area contributed by atoms with Crippen molar-refractivity contribution in [2.45, 2.75) is 69.6 Å². The number of nitrogens with zero attached hydrogens (tertiary/aromatic N) is 1. The monoisotopic (exact) mass is 667 g/mol. The molecule has 48 heavy (non-hydrogen) atoms. The van der Waals surface area contributed by atoms with Gasteiger partial charge < -0.3 is 61.8 Å². The third-order valence-electron chi connectivity index (χ3n) is 8.80. The van der Waals surface area contributed by atoms with Gasteiger partial charge in [-0.25, -0.2) is 0 Å². The number of dihydropyridines is 1. The topological polar surface area (TPSA) is 251 Å². The Kier molecular flexibility index (Phi) is 10.4. The van der Waals surface area contributed by atoms with Crippen molar-refractivity contribution in [3.05, 3.63) is 75.0 Å². The van der Waals surface area contributed by atoms with Gasteiger partial charge in [0.2, 0.25) is 12.1 Å². The molecule has 0 radical (unpaired) electrons. The van der Waals surface area contributed by atoms with Crippen LogP contribution >= 0.6 is 0 Å². The number of aliphatic hydroxyl groups is 4. The van der Waals surface area contributed by atoms with E-state index >= 15 is 0 Å². The number of hydrogen-bond acceptors (Lipinski definition) is 13. The zero-order valence-electron chi connectivity index (χ0n) is 26.8. The first kappa shape index (κ1) is 34.8. The maximum absolute atomic E-state index is 14.4. The van der Waals surface area contributed by atoms with E-state index in [-0.39, 0.29) is 58.8 Å². The average molecular weight is 668 g/mol. The van der Waals surface area contributed by atoms with Crippen LogP contribution in [0.5, 0.6) is 17.2 Å². The van der Waals surface area contributed by atoms with Crippen LogP contribution in [0.3, 0.4) is 0 Å². The Hall–Kier alpha value is -4.51. The van der Waals surface area contributed by atoms with Gasteiger partial charge in [0.05, 0.1) is 31.0 Å². The quantitative estimate of drug-likeness (QED) is 0.0950. The van der Waals surface area contributed by atoms with E-state index < -0.39 is 54.6 Å². The van der Waals surface area contributed by atoms with Gasteiger partial charge in [0.25, 0.3) is 0 Å². The molecule has 1 saturated heterocycles. The third-order valence-corrected chi connectivity index (χ3v) is 8.80. The van der Waals surface area contributed by atoms with Gasteiger partial charge in [-0.1, -0.05) is 13.0 Å². The smallest absolute Gasteiger partial charge is 0.229 e. The van der Waals surface area contributed by atoms with Crippen LogP contribution in [0.15, 0.2) is 41.1 Å². The maximum atomic E-state index is 14.4. The maximum Gasteiger partial charge on any atom is 0.229 e. The standard InChI is InChI=1S/C33H41N5O10/c1-4-16-19(46-3)10-20(47-32-31(45)30(44)28(42)21(13-39)48-32)25-23(16)26(40)17-9-15(7-5-14-6-8-22(34)37-11-14)18(12-38-33(35)36-2)27(41)24(17)29(25)43/h6,8-11,21-22,28,30-32,37,39,41-42,44-45H,4-5,7,12-13,34H2,1-3H3,(H3,35,36,38)/t21-,22?,28-,30+,31-,32-/m1/s1. The van der Waals surface area contributed by atoms with Crippen molar-refractivity contribution in [2.24, 2.45) is 16.5 Å². The van der Waals surface area contributed by atoms with E-state index in [9.17, 15) is 35.1 Å². The highest BCUT2D eigenvalue weighted by atomic mass is 16.7. The van der Waals surface area contributed by atoms with E-state index in [1.165, 1.54) is 20.2 Å². The van der Waals surface area contributed by atoms with Crippen LogP contribution in [0.2, 0.25) is 0 Å². The molecule has 2 aromatic carbocycles. The summed E-state index contributed by atoms with van der Waals surface area (Å²) in [6.45, 7) is 1.07. The second-order valence-corrected chi connectivity index (χ2v) is 11.7. The van der Waals surface area contributed by atoms with Crippen LogP contribution in [0.1, 0.15) is 61.9 Å². The number of aliphatic imine (C=N–C) groups is 1. The van der Waals surface area contributed by atoms with Gasteiger partial charge in [-0.2, -0.15) is 0 Å². The van der Waals surface area contributed by atoms with Crippen molar-refractivity contribution >= 4 is 17.5 Å². The summed E-state index contributed by atoms with van der Waals surface area (Å²) in [6.07, 6.45) is -1.77. The molecule has 258 valence electrons. The number of aliphatic hydroxyl groups excluding tert-OH is 4. The summed E-state index contributed by atoms with van der Waals surface area (Å²) in [4.78, 5) is 32.8. The van der Waals surface area contributed by atoms with E-state index in [4.69, 9.17) is 25.7 Å². The molecular formula is C33H41N5O10. The lowest BCUT2D eigenvalue weighted by atomic mass is 9.78.